The zero-order valence-electron chi connectivity index (χ0n) is 14.1. The smallest absolute Gasteiger partial charge is 0.235 e. The van der Waals surface area contributed by atoms with Crippen molar-refractivity contribution >= 4 is 11.6 Å². The number of methoxy groups -OCH3 is 1. The van der Waals surface area contributed by atoms with Gasteiger partial charge in [0.05, 0.1) is 7.11 Å². The molecule has 3 aromatic rings. The van der Waals surface area contributed by atoms with E-state index < -0.39 is 5.92 Å². The Labute approximate surface area is 145 Å². The van der Waals surface area contributed by atoms with Gasteiger partial charge in [0, 0.05) is 5.69 Å². The monoisotopic (exact) mass is 337 g/mol. The van der Waals surface area contributed by atoms with Gasteiger partial charge in [0.2, 0.25) is 5.91 Å². The molecule has 0 aliphatic rings. The molecule has 0 unspecified atom stereocenters. The second-order valence-corrected chi connectivity index (χ2v) is 5.68. The standard InChI is InChI=1S/C18H19N5O2/c1-12-5-3-4-6-16(12)19-18(24)15(17-20-22-23-21-17)11-13-7-9-14(25-2)10-8-13/h3-10,15H,11H2,1-2H3,(H,19,24)(H,20,21,22,23)/t15-/m0/s1. The molecule has 1 atom stereocenters. The largest absolute Gasteiger partial charge is 0.497 e. The molecule has 1 aromatic heterocycles. The van der Waals surface area contributed by atoms with Crippen LogP contribution in [0.15, 0.2) is 48.5 Å². The van der Waals surface area contributed by atoms with Crippen molar-refractivity contribution in [3.63, 3.8) is 0 Å². The second kappa shape index (κ2) is 7.57. The molecule has 128 valence electrons. The molecule has 0 fully saturated rings. The van der Waals surface area contributed by atoms with Gasteiger partial charge in [-0.3, -0.25) is 4.79 Å². The SMILES string of the molecule is COc1ccc(C[C@H](C(=O)Nc2ccccc2C)c2nn[nH]n2)cc1. The lowest BCUT2D eigenvalue weighted by Crippen LogP contribution is -2.24. The number of benzene rings is 2. The summed E-state index contributed by atoms with van der Waals surface area (Å²) in [5, 5.41) is 17.0. The molecular weight excluding hydrogens is 318 g/mol. The van der Waals surface area contributed by atoms with Gasteiger partial charge in [-0.2, -0.15) is 5.21 Å². The second-order valence-electron chi connectivity index (χ2n) is 5.68. The minimum absolute atomic E-state index is 0.175. The van der Waals surface area contributed by atoms with Gasteiger partial charge in [0.25, 0.3) is 0 Å². The van der Waals surface area contributed by atoms with Crippen LogP contribution in [0.5, 0.6) is 5.75 Å². The van der Waals surface area contributed by atoms with Gasteiger partial charge in [-0.1, -0.05) is 35.5 Å². The van der Waals surface area contributed by atoms with Gasteiger partial charge in [-0.25, -0.2) is 0 Å². The first-order valence-electron chi connectivity index (χ1n) is 7.90. The third-order valence-corrected chi connectivity index (χ3v) is 3.99. The van der Waals surface area contributed by atoms with Crippen LogP contribution in [-0.2, 0) is 11.2 Å². The van der Waals surface area contributed by atoms with Crippen LogP contribution in [-0.4, -0.2) is 33.6 Å². The van der Waals surface area contributed by atoms with Gasteiger partial charge in [-0.15, -0.1) is 10.2 Å². The van der Waals surface area contributed by atoms with E-state index in [0.29, 0.717) is 12.2 Å². The molecule has 0 bridgehead atoms. The van der Waals surface area contributed by atoms with Crippen LogP contribution in [0.1, 0.15) is 22.9 Å². The maximum atomic E-state index is 12.8. The topological polar surface area (TPSA) is 92.8 Å². The number of tetrazole rings is 1. The zero-order valence-corrected chi connectivity index (χ0v) is 14.1. The number of anilines is 1. The van der Waals surface area contributed by atoms with Gasteiger partial charge in [0.15, 0.2) is 5.82 Å². The summed E-state index contributed by atoms with van der Waals surface area (Å²) in [4.78, 5) is 12.8. The number of nitrogens with one attached hydrogen (secondary N) is 2. The van der Waals surface area contributed by atoms with E-state index in [-0.39, 0.29) is 5.91 Å². The van der Waals surface area contributed by atoms with Crippen LogP contribution in [0.25, 0.3) is 0 Å². The number of nitrogens with zero attached hydrogens (tertiary/aromatic N) is 3. The lowest BCUT2D eigenvalue weighted by atomic mass is 9.97. The molecule has 0 radical (unpaired) electrons. The van der Waals surface area contributed by atoms with Crippen molar-refractivity contribution in [3.05, 3.63) is 65.5 Å². The van der Waals surface area contributed by atoms with E-state index in [1.807, 2.05) is 55.5 Å². The van der Waals surface area contributed by atoms with Crippen LogP contribution in [0.2, 0.25) is 0 Å². The van der Waals surface area contributed by atoms with Crippen molar-refractivity contribution in [1.82, 2.24) is 20.6 Å². The van der Waals surface area contributed by atoms with Crippen LogP contribution >= 0.6 is 0 Å². The average molecular weight is 337 g/mol. The van der Waals surface area contributed by atoms with Crippen molar-refractivity contribution < 1.29 is 9.53 Å². The lowest BCUT2D eigenvalue weighted by molar-refractivity contribution is -0.117. The van der Waals surface area contributed by atoms with Gasteiger partial charge in [-0.05, 0) is 42.7 Å². The van der Waals surface area contributed by atoms with Crippen LogP contribution in [0, 0.1) is 6.92 Å². The Morgan fingerprint density at radius 3 is 2.60 bits per heavy atom. The maximum absolute atomic E-state index is 12.8. The molecule has 2 N–H and O–H groups in total. The van der Waals surface area contributed by atoms with Crippen LogP contribution in [0.3, 0.4) is 0 Å². The molecular formula is C18H19N5O2. The predicted molar refractivity (Wildman–Crippen MR) is 93.4 cm³/mol. The summed E-state index contributed by atoms with van der Waals surface area (Å²) in [6, 6.07) is 15.2. The van der Waals surface area contributed by atoms with Crippen molar-refractivity contribution in [2.24, 2.45) is 0 Å². The van der Waals surface area contributed by atoms with Crippen molar-refractivity contribution in [2.45, 2.75) is 19.3 Å². The summed E-state index contributed by atoms with van der Waals surface area (Å²) in [5.74, 6) is 0.407. The third-order valence-electron chi connectivity index (χ3n) is 3.99. The summed E-state index contributed by atoms with van der Waals surface area (Å²) in [6.07, 6.45) is 0.460. The number of carbonyl (C=O) groups is 1. The third kappa shape index (κ3) is 4.00. The van der Waals surface area contributed by atoms with E-state index in [9.17, 15) is 4.79 Å². The molecule has 1 amide bonds. The molecule has 7 nitrogen and oxygen atoms in total. The Morgan fingerprint density at radius 2 is 1.96 bits per heavy atom. The van der Waals surface area contributed by atoms with Gasteiger partial charge >= 0.3 is 0 Å². The van der Waals surface area contributed by atoms with E-state index in [4.69, 9.17) is 4.74 Å². The maximum Gasteiger partial charge on any atom is 0.235 e. The van der Waals surface area contributed by atoms with E-state index in [0.717, 1.165) is 22.6 Å². The summed E-state index contributed by atoms with van der Waals surface area (Å²) >= 11 is 0. The first-order valence-corrected chi connectivity index (χ1v) is 7.90. The summed E-state index contributed by atoms with van der Waals surface area (Å²) in [6.45, 7) is 1.95. The molecule has 0 aliphatic heterocycles. The summed E-state index contributed by atoms with van der Waals surface area (Å²) < 4.78 is 5.17. The number of aryl methyl sites for hydroxylation is 1. The van der Waals surface area contributed by atoms with E-state index in [1.165, 1.54) is 0 Å². The normalized spacial score (nSPS) is 11.8. The number of ether oxygens (including phenoxy) is 1. The van der Waals surface area contributed by atoms with E-state index >= 15 is 0 Å². The number of amides is 1. The lowest BCUT2D eigenvalue weighted by Gasteiger charge is -2.15. The van der Waals surface area contributed by atoms with Gasteiger partial charge in [0.1, 0.15) is 11.7 Å². The molecule has 0 saturated heterocycles. The fourth-order valence-electron chi connectivity index (χ4n) is 2.55. The first-order chi connectivity index (χ1) is 12.2. The fourth-order valence-corrected chi connectivity index (χ4v) is 2.55. The Kier molecular flexibility index (Phi) is 5.03. The average Bonchev–Trinajstić information content (AvgIpc) is 3.16. The van der Waals surface area contributed by atoms with Gasteiger partial charge < -0.3 is 10.1 Å². The highest BCUT2D eigenvalue weighted by molar-refractivity contribution is 5.96. The van der Waals surface area contributed by atoms with Crippen molar-refractivity contribution in [3.8, 4) is 5.75 Å². The minimum atomic E-state index is -0.549. The summed E-state index contributed by atoms with van der Waals surface area (Å²) in [7, 11) is 1.62. The van der Waals surface area contributed by atoms with Crippen LogP contribution < -0.4 is 10.1 Å². The Balaban J connectivity index is 1.82. The van der Waals surface area contributed by atoms with Crippen molar-refractivity contribution in [2.75, 3.05) is 12.4 Å². The number of rotatable bonds is 6. The quantitative estimate of drug-likeness (QED) is 0.721. The van der Waals surface area contributed by atoms with Crippen LogP contribution in [0.4, 0.5) is 5.69 Å². The highest BCUT2D eigenvalue weighted by Crippen LogP contribution is 2.22. The van der Waals surface area contributed by atoms with E-state index in [1.54, 1.807) is 7.11 Å². The number of hydrogen-bond acceptors (Lipinski definition) is 5. The van der Waals surface area contributed by atoms with E-state index in [2.05, 4.69) is 25.9 Å². The number of H-pyrrole nitrogens is 1. The molecule has 7 heteroatoms. The number of aromatic nitrogens is 4. The Bertz CT molecular complexity index is 831. The molecule has 0 spiro atoms. The number of aromatic amines is 1. The highest BCUT2D eigenvalue weighted by Gasteiger charge is 2.25. The molecule has 25 heavy (non-hydrogen) atoms. The Morgan fingerprint density at radius 1 is 1.20 bits per heavy atom. The molecule has 3 rings (SSSR count). The predicted octanol–water partition coefficient (Wildman–Crippen LogP) is 2.48. The molecule has 2 aromatic carbocycles. The molecule has 1 heterocycles. The fraction of sp³-hybridized carbons (Fsp3) is 0.222. The number of para-hydroxylation sites is 1. The first kappa shape index (κ1) is 16.6. The minimum Gasteiger partial charge on any atom is -0.497 e. The Hall–Kier alpha value is -3.22. The molecule has 0 saturated carbocycles. The highest BCUT2D eigenvalue weighted by atomic mass is 16.5. The zero-order chi connectivity index (χ0) is 17.6. The number of carbonyl (C=O) groups excluding carboxylic acids is 1. The number of hydrogen-bond donors (Lipinski definition) is 2. The molecule has 0 aliphatic carbocycles. The van der Waals surface area contributed by atoms with Crippen molar-refractivity contribution in [1.29, 1.82) is 0 Å². The summed E-state index contributed by atoms with van der Waals surface area (Å²) in [5.41, 5.74) is 2.75.